The largest absolute Gasteiger partial charge is 0.508 e. The summed E-state index contributed by atoms with van der Waals surface area (Å²) < 4.78 is 0. The van der Waals surface area contributed by atoms with Crippen molar-refractivity contribution in [2.24, 2.45) is 23.5 Å². The monoisotopic (exact) mass is 542 g/mol. The van der Waals surface area contributed by atoms with Gasteiger partial charge in [0, 0.05) is 43.4 Å². The summed E-state index contributed by atoms with van der Waals surface area (Å²) in [5.41, 5.74) is 3.75. The molecular formula is C28H38N4O7. The Hall–Kier alpha value is -3.41. The molecule has 1 saturated carbocycles. The molecule has 4 rings (SSSR count). The lowest BCUT2D eigenvalue weighted by molar-refractivity contribution is -0.153. The van der Waals surface area contributed by atoms with Crippen LogP contribution in [-0.2, 0) is 27.3 Å². The van der Waals surface area contributed by atoms with Gasteiger partial charge in [0.2, 0.25) is 5.78 Å². The number of aliphatic hydroxyl groups is 3. The number of hydrogen-bond acceptors (Lipinski definition) is 10. The molecule has 3 aliphatic rings. The maximum atomic E-state index is 14.0. The minimum absolute atomic E-state index is 0.0527. The van der Waals surface area contributed by atoms with Crippen molar-refractivity contribution in [1.29, 1.82) is 0 Å². The number of benzene rings is 1. The molecule has 0 aromatic heterocycles. The lowest BCUT2D eigenvalue weighted by Gasteiger charge is -2.50. The Morgan fingerprint density at radius 1 is 1.18 bits per heavy atom. The zero-order valence-corrected chi connectivity index (χ0v) is 23.2. The van der Waals surface area contributed by atoms with Gasteiger partial charge in [0.05, 0.1) is 11.6 Å². The molecular weight excluding hydrogens is 504 g/mol. The van der Waals surface area contributed by atoms with Crippen molar-refractivity contribution in [2.75, 3.05) is 39.6 Å². The molecule has 0 heterocycles. The Labute approximate surface area is 227 Å². The van der Waals surface area contributed by atoms with Gasteiger partial charge in [0.25, 0.3) is 5.91 Å². The smallest absolute Gasteiger partial charge is 0.255 e. The van der Waals surface area contributed by atoms with Crippen LogP contribution in [0.2, 0.25) is 0 Å². The predicted octanol–water partition coefficient (Wildman–Crippen LogP) is 0.776. The summed E-state index contributed by atoms with van der Waals surface area (Å²) in [5.74, 6) is -6.15. The van der Waals surface area contributed by atoms with Gasteiger partial charge >= 0.3 is 0 Å². The third-order valence-corrected chi connectivity index (χ3v) is 8.13. The number of hydrogen-bond donors (Lipinski definition) is 6. The molecule has 11 nitrogen and oxygen atoms in total. The molecule has 1 amide bonds. The van der Waals surface area contributed by atoms with Crippen molar-refractivity contribution < 1.29 is 34.8 Å². The van der Waals surface area contributed by atoms with E-state index in [1.54, 1.807) is 14.1 Å². The van der Waals surface area contributed by atoms with Crippen LogP contribution in [0.25, 0.3) is 5.76 Å². The molecule has 7 N–H and O–H groups in total. The topological polar surface area (TPSA) is 177 Å². The number of nitrogens with one attached hydrogen (secondary N) is 1. The van der Waals surface area contributed by atoms with Crippen LogP contribution in [0.5, 0.6) is 5.75 Å². The minimum Gasteiger partial charge on any atom is -0.508 e. The lowest BCUT2D eigenvalue weighted by atomic mass is 9.57. The predicted molar refractivity (Wildman–Crippen MR) is 145 cm³/mol. The molecule has 1 unspecified atom stereocenters. The number of primary amides is 1. The first-order valence-corrected chi connectivity index (χ1v) is 13.0. The van der Waals surface area contributed by atoms with Crippen molar-refractivity contribution >= 4 is 28.9 Å². The number of fused-ring (bicyclic) bond motifs is 3. The summed E-state index contributed by atoms with van der Waals surface area (Å²) in [5, 5.41) is 48.8. The Morgan fingerprint density at radius 2 is 1.82 bits per heavy atom. The Balaban J connectivity index is 1.93. The van der Waals surface area contributed by atoms with Gasteiger partial charge in [-0.15, -0.1) is 0 Å². The molecule has 0 spiro atoms. The molecule has 4 atom stereocenters. The number of carbonyl (C=O) groups is 3. The highest BCUT2D eigenvalue weighted by Gasteiger charge is 2.64. The molecule has 0 radical (unpaired) electrons. The fourth-order valence-electron chi connectivity index (χ4n) is 6.38. The Morgan fingerprint density at radius 3 is 2.36 bits per heavy atom. The number of nitrogens with two attached hydrogens (primary N) is 1. The number of aromatic hydroxyl groups is 1. The van der Waals surface area contributed by atoms with E-state index in [0.717, 1.165) is 5.69 Å². The van der Waals surface area contributed by atoms with Crippen LogP contribution < -0.4 is 16.0 Å². The molecule has 39 heavy (non-hydrogen) atoms. The number of ketones is 2. The van der Waals surface area contributed by atoms with Gasteiger partial charge in [-0.25, -0.2) is 0 Å². The zero-order valence-electron chi connectivity index (χ0n) is 23.2. The summed E-state index contributed by atoms with van der Waals surface area (Å²) in [6, 6.07) is 0.736. The summed E-state index contributed by atoms with van der Waals surface area (Å²) in [4.78, 5) is 42.7. The first-order chi connectivity index (χ1) is 18.1. The second-order valence-corrected chi connectivity index (χ2v) is 11.6. The van der Waals surface area contributed by atoms with Crippen LogP contribution >= 0.6 is 0 Å². The van der Waals surface area contributed by atoms with Crippen LogP contribution in [0.4, 0.5) is 5.69 Å². The first-order valence-electron chi connectivity index (χ1n) is 13.0. The van der Waals surface area contributed by atoms with Crippen molar-refractivity contribution in [3.8, 4) is 5.75 Å². The number of phenols is 1. The average molecular weight is 543 g/mol. The van der Waals surface area contributed by atoms with Gasteiger partial charge in [-0.05, 0) is 56.9 Å². The van der Waals surface area contributed by atoms with E-state index in [0.29, 0.717) is 30.1 Å². The Kier molecular flexibility index (Phi) is 7.30. The molecule has 0 bridgehead atoms. The fourth-order valence-corrected chi connectivity index (χ4v) is 6.38. The van der Waals surface area contributed by atoms with Gasteiger partial charge in [-0.2, -0.15) is 0 Å². The van der Waals surface area contributed by atoms with E-state index in [9.17, 15) is 34.8 Å². The molecule has 212 valence electrons. The van der Waals surface area contributed by atoms with Crippen LogP contribution in [0.1, 0.15) is 37.0 Å². The number of rotatable bonds is 7. The number of aliphatic hydroxyl groups excluding tert-OH is 2. The van der Waals surface area contributed by atoms with Gasteiger partial charge in [0.15, 0.2) is 11.4 Å². The Bertz CT molecular complexity index is 1310. The third kappa shape index (κ3) is 4.29. The van der Waals surface area contributed by atoms with Gasteiger partial charge in [-0.3, -0.25) is 19.3 Å². The number of phenolic OH excluding ortho intramolecular Hbond substituents is 1. The normalized spacial score (nSPS) is 26.6. The second kappa shape index (κ2) is 9.96. The average Bonchev–Trinajstić information content (AvgIpc) is 2.81. The minimum atomic E-state index is -2.65. The number of Topliss-reactive ketones (excluding diaryl/α,β-unsaturated/α-hetero) is 2. The molecule has 0 saturated heterocycles. The summed E-state index contributed by atoms with van der Waals surface area (Å²) in [6.45, 7) is 5.14. The number of anilines is 1. The van der Waals surface area contributed by atoms with Crippen LogP contribution in [0.15, 0.2) is 23.0 Å². The van der Waals surface area contributed by atoms with E-state index < -0.39 is 58.0 Å². The van der Waals surface area contributed by atoms with Crippen LogP contribution in [0, 0.1) is 17.8 Å². The number of carbonyl (C=O) groups excluding carboxylic acids is 3. The summed E-state index contributed by atoms with van der Waals surface area (Å²) in [6.07, 6.45) is 0.298. The van der Waals surface area contributed by atoms with Gasteiger partial charge < -0.3 is 36.4 Å². The highest BCUT2D eigenvalue weighted by Crippen LogP contribution is 2.54. The van der Waals surface area contributed by atoms with Gasteiger partial charge in [-0.1, -0.05) is 13.8 Å². The van der Waals surface area contributed by atoms with E-state index in [1.165, 1.54) is 4.90 Å². The summed E-state index contributed by atoms with van der Waals surface area (Å²) >= 11 is 0. The number of nitrogens with zero attached hydrogens (tertiary/aromatic N) is 2. The molecule has 1 fully saturated rings. The van der Waals surface area contributed by atoms with E-state index >= 15 is 0 Å². The van der Waals surface area contributed by atoms with Crippen LogP contribution in [0.3, 0.4) is 0 Å². The first kappa shape index (κ1) is 28.6. The van der Waals surface area contributed by atoms with Crippen LogP contribution in [-0.4, -0.2) is 89.2 Å². The fraction of sp³-hybridized carbons (Fsp3) is 0.536. The lowest BCUT2D eigenvalue weighted by Crippen LogP contribution is -2.65. The van der Waals surface area contributed by atoms with Crippen molar-refractivity contribution in [3.05, 3.63) is 39.7 Å². The number of amides is 1. The highest BCUT2D eigenvalue weighted by molar-refractivity contribution is 6.24. The SMILES string of the molecule is CC(C)CNCc1cc(N(C)C)c2c(c1O)C(O)=C1C(=O)[C@@]3(O)C(O)=C(C(N)=O)C(=O)C(N(C)C)[C@H]3C[C@H]1C2. The standard InChI is InChI=1S/C28H38N4O7/c1-12(2)10-30-11-14-9-17(31(3)4)15-7-13-8-16-21(32(5)6)24(35)20(27(29)38)26(37)28(16,39)25(36)18(13)23(34)19(15)22(14)33/h9,12-13,16,21,30,33-34,37,39H,7-8,10-11H2,1-6H3,(H2,29,38)/t13-,16-,21?,28-/m1/s1. The summed E-state index contributed by atoms with van der Waals surface area (Å²) in [7, 11) is 6.83. The maximum Gasteiger partial charge on any atom is 0.255 e. The third-order valence-electron chi connectivity index (χ3n) is 8.13. The molecule has 0 aliphatic heterocycles. The zero-order chi connectivity index (χ0) is 29.1. The molecule has 3 aliphatic carbocycles. The quantitative estimate of drug-likeness (QED) is 0.270. The molecule has 1 aromatic carbocycles. The second-order valence-electron chi connectivity index (χ2n) is 11.6. The van der Waals surface area contributed by atoms with Crippen molar-refractivity contribution in [2.45, 2.75) is 44.9 Å². The van der Waals surface area contributed by atoms with E-state index in [-0.39, 0.29) is 29.7 Å². The molecule has 11 heteroatoms. The molecule has 1 aromatic rings. The maximum absolute atomic E-state index is 14.0. The van der Waals surface area contributed by atoms with E-state index in [2.05, 4.69) is 19.2 Å². The highest BCUT2D eigenvalue weighted by atomic mass is 16.3. The van der Waals surface area contributed by atoms with E-state index in [1.807, 2.05) is 25.1 Å². The van der Waals surface area contributed by atoms with Gasteiger partial charge in [0.1, 0.15) is 22.8 Å². The van der Waals surface area contributed by atoms with Crippen molar-refractivity contribution in [3.63, 3.8) is 0 Å². The number of likely N-dealkylation sites (N-methyl/N-ethyl adjacent to an activating group) is 1. The van der Waals surface area contributed by atoms with Crippen molar-refractivity contribution in [1.82, 2.24) is 10.2 Å². The van der Waals surface area contributed by atoms with E-state index in [4.69, 9.17) is 5.73 Å².